The summed E-state index contributed by atoms with van der Waals surface area (Å²) in [5.74, 6) is 0.614. The van der Waals surface area contributed by atoms with Crippen molar-refractivity contribution in [3.8, 4) is 5.75 Å². The lowest BCUT2D eigenvalue weighted by Crippen LogP contribution is -2.56. The van der Waals surface area contributed by atoms with E-state index in [0.29, 0.717) is 10.8 Å². The van der Waals surface area contributed by atoms with Crippen molar-refractivity contribution < 1.29 is 9.53 Å². The molecular formula is C26H33ClN2O2. The number of piperidine rings is 1. The Kier molecular flexibility index (Phi) is 7.52. The summed E-state index contributed by atoms with van der Waals surface area (Å²) in [6.07, 6.45) is 9.37. The smallest absolute Gasteiger partial charge is 0.258 e. The number of carbonyl (C=O) groups is 1. The van der Waals surface area contributed by atoms with E-state index in [9.17, 15) is 4.79 Å². The van der Waals surface area contributed by atoms with Crippen LogP contribution in [0.2, 0.25) is 5.02 Å². The van der Waals surface area contributed by atoms with Gasteiger partial charge in [0.2, 0.25) is 0 Å². The van der Waals surface area contributed by atoms with Gasteiger partial charge < -0.3 is 10.1 Å². The molecule has 2 aliphatic rings. The van der Waals surface area contributed by atoms with Gasteiger partial charge in [0.25, 0.3) is 5.91 Å². The van der Waals surface area contributed by atoms with Crippen LogP contribution in [-0.4, -0.2) is 42.1 Å². The largest absolute Gasteiger partial charge is 0.484 e. The Morgan fingerprint density at radius 1 is 1.00 bits per heavy atom. The van der Waals surface area contributed by atoms with E-state index in [1.807, 2.05) is 0 Å². The lowest BCUT2D eigenvalue weighted by atomic mass is 9.73. The molecule has 0 radical (unpaired) electrons. The van der Waals surface area contributed by atoms with E-state index >= 15 is 0 Å². The normalized spacial score (nSPS) is 24.5. The number of likely N-dealkylation sites (tertiary alicyclic amines) is 1. The van der Waals surface area contributed by atoms with Gasteiger partial charge in [0, 0.05) is 16.6 Å². The molecule has 0 aromatic heterocycles. The third kappa shape index (κ3) is 6.02. The molecular weight excluding hydrogens is 408 g/mol. The van der Waals surface area contributed by atoms with Gasteiger partial charge in [-0.2, -0.15) is 0 Å². The van der Waals surface area contributed by atoms with Gasteiger partial charge in [-0.25, -0.2) is 0 Å². The molecule has 1 saturated heterocycles. The Bertz CT molecular complexity index is 826. The molecule has 2 aromatic rings. The minimum atomic E-state index is -0.0477. The summed E-state index contributed by atoms with van der Waals surface area (Å²) in [7, 11) is 0. The van der Waals surface area contributed by atoms with Crippen LogP contribution in [0.15, 0.2) is 54.6 Å². The molecule has 0 spiro atoms. The average Bonchev–Trinajstić information content (AvgIpc) is 2.81. The Morgan fingerprint density at radius 3 is 2.35 bits per heavy atom. The standard InChI is InChI=1S/C26H33ClN2O2/c27-22-9-11-24(12-10-22)31-20-25(30)28-23-13-15-26(16-14-23,29-17-5-2-6-18-29)19-21-7-3-1-4-8-21/h1,3-4,7-12,23H,2,5-6,13-20H2,(H,28,30). The first kappa shape index (κ1) is 22.2. The van der Waals surface area contributed by atoms with Crippen molar-refractivity contribution in [2.45, 2.75) is 62.9 Å². The van der Waals surface area contributed by atoms with Crippen LogP contribution in [0, 0.1) is 0 Å². The van der Waals surface area contributed by atoms with Crippen molar-refractivity contribution in [3.05, 3.63) is 65.2 Å². The number of halogens is 1. The lowest BCUT2D eigenvalue weighted by molar-refractivity contribution is -0.124. The summed E-state index contributed by atoms with van der Waals surface area (Å²) in [6, 6.07) is 18.2. The van der Waals surface area contributed by atoms with E-state index in [2.05, 4.69) is 40.5 Å². The second kappa shape index (κ2) is 10.5. The number of amides is 1. The van der Waals surface area contributed by atoms with Crippen LogP contribution in [0.1, 0.15) is 50.5 Å². The SMILES string of the molecule is O=C(COc1ccc(Cl)cc1)NC1CCC(Cc2ccccc2)(N2CCCCC2)CC1. The number of carbonyl (C=O) groups excluding carboxylic acids is 1. The monoisotopic (exact) mass is 440 g/mol. The van der Waals surface area contributed by atoms with Crippen LogP contribution in [0.4, 0.5) is 0 Å². The van der Waals surface area contributed by atoms with Crippen molar-refractivity contribution in [2.24, 2.45) is 0 Å². The minimum Gasteiger partial charge on any atom is -0.484 e. The predicted octanol–water partition coefficient (Wildman–Crippen LogP) is 5.25. The molecule has 4 rings (SSSR count). The molecule has 31 heavy (non-hydrogen) atoms. The Hall–Kier alpha value is -2.04. The topological polar surface area (TPSA) is 41.6 Å². The second-order valence-corrected chi connectivity index (χ2v) is 9.46. The third-order valence-corrected chi connectivity index (χ3v) is 7.12. The Morgan fingerprint density at radius 2 is 1.68 bits per heavy atom. The molecule has 5 heteroatoms. The molecule has 2 fully saturated rings. The van der Waals surface area contributed by atoms with Crippen molar-refractivity contribution in [1.82, 2.24) is 10.2 Å². The summed E-state index contributed by atoms with van der Waals surface area (Å²) < 4.78 is 5.60. The van der Waals surface area contributed by atoms with Gasteiger partial charge in [-0.05, 0) is 87.9 Å². The first-order valence-corrected chi connectivity index (χ1v) is 12.0. The number of ether oxygens (including phenoxy) is 1. The van der Waals surface area contributed by atoms with E-state index in [-0.39, 0.29) is 24.1 Å². The summed E-state index contributed by atoms with van der Waals surface area (Å²) in [5, 5.41) is 3.86. The summed E-state index contributed by atoms with van der Waals surface area (Å²) in [5.41, 5.74) is 1.65. The molecule has 1 heterocycles. The van der Waals surface area contributed by atoms with E-state index in [0.717, 1.165) is 32.1 Å². The number of rotatable bonds is 7. The highest BCUT2D eigenvalue weighted by Crippen LogP contribution is 2.38. The molecule has 1 N–H and O–H groups in total. The quantitative estimate of drug-likeness (QED) is 0.639. The molecule has 2 aromatic carbocycles. The number of nitrogens with one attached hydrogen (secondary N) is 1. The second-order valence-electron chi connectivity index (χ2n) is 9.02. The fourth-order valence-electron chi connectivity index (χ4n) is 5.20. The van der Waals surface area contributed by atoms with Crippen LogP contribution < -0.4 is 10.1 Å². The number of benzene rings is 2. The first-order chi connectivity index (χ1) is 15.1. The van der Waals surface area contributed by atoms with Crippen molar-refractivity contribution in [1.29, 1.82) is 0 Å². The van der Waals surface area contributed by atoms with Gasteiger partial charge in [0.15, 0.2) is 6.61 Å². The van der Waals surface area contributed by atoms with Crippen LogP contribution in [-0.2, 0) is 11.2 Å². The fraction of sp³-hybridized carbons (Fsp3) is 0.500. The fourth-order valence-corrected chi connectivity index (χ4v) is 5.32. The summed E-state index contributed by atoms with van der Waals surface area (Å²) in [4.78, 5) is 15.2. The Balaban J connectivity index is 1.32. The first-order valence-electron chi connectivity index (χ1n) is 11.6. The number of hydrogen-bond acceptors (Lipinski definition) is 3. The zero-order valence-corrected chi connectivity index (χ0v) is 18.9. The van der Waals surface area contributed by atoms with Gasteiger partial charge in [-0.1, -0.05) is 48.4 Å². The van der Waals surface area contributed by atoms with Gasteiger partial charge in [0.05, 0.1) is 0 Å². The van der Waals surface area contributed by atoms with E-state index in [4.69, 9.17) is 16.3 Å². The average molecular weight is 441 g/mol. The molecule has 0 atom stereocenters. The van der Waals surface area contributed by atoms with Gasteiger partial charge in [0.1, 0.15) is 5.75 Å². The van der Waals surface area contributed by atoms with Crippen LogP contribution in [0.3, 0.4) is 0 Å². The zero-order chi connectivity index (χ0) is 21.5. The molecule has 4 nitrogen and oxygen atoms in total. The third-order valence-electron chi connectivity index (χ3n) is 6.87. The van der Waals surface area contributed by atoms with Gasteiger partial charge in [-0.3, -0.25) is 9.69 Å². The number of hydrogen-bond donors (Lipinski definition) is 1. The lowest BCUT2D eigenvalue weighted by Gasteiger charge is -2.50. The van der Waals surface area contributed by atoms with Crippen molar-refractivity contribution >= 4 is 17.5 Å². The maximum Gasteiger partial charge on any atom is 0.258 e. The van der Waals surface area contributed by atoms with E-state index in [1.54, 1.807) is 24.3 Å². The van der Waals surface area contributed by atoms with Crippen molar-refractivity contribution in [3.63, 3.8) is 0 Å². The highest BCUT2D eigenvalue weighted by atomic mass is 35.5. The summed E-state index contributed by atoms with van der Waals surface area (Å²) >= 11 is 5.90. The maximum absolute atomic E-state index is 12.4. The molecule has 1 amide bonds. The molecule has 1 aliphatic carbocycles. The van der Waals surface area contributed by atoms with E-state index in [1.165, 1.54) is 37.9 Å². The minimum absolute atomic E-state index is 0.0411. The highest BCUT2D eigenvalue weighted by molar-refractivity contribution is 6.30. The molecule has 166 valence electrons. The van der Waals surface area contributed by atoms with Gasteiger partial charge >= 0.3 is 0 Å². The number of nitrogens with zero attached hydrogens (tertiary/aromatic N) is 1. The maximum atomic E-state index is 12.4. The van der Waals surface area contributed by atoms with Crippen LogP contribution >= 0.6 is 11.6 Å². The Labute approximate surface area is 190 Å². The van der Waals surface area contributed by atoms with E-state index < -0.39 is 0 Å². The zero-order valence-electron chi connectivity index (χ0n) is 18.2. The van der Waals surface area contributed by atoms with Gasteiger partial charge in [-0.15, -0.1) is 0 Å². The summed E-state index contributed by atoms with van der Waals surface area (Å²) in [6.45, 7) is 2.46. The molecule has 1 aliphatic heterocycles. The predicted molar refractivity (Wildman–Crippen MR) is 126 cm³/mol. The highest BCUT2D eigenvalue weighted by Gasteiger charge is 2.40. The molecule has 1 saturated carbocycles. The molecule has 0 bridgehead atoms. The van der Waals surface area contributed by atoms with Crippen LogP contribution in [0.5, 0.6) is 5.75 Å². The van der Waals surface area contributed by atoms with Crippen molar-refractivity contribution in [2.75, 3.05) is 19.7 Å². The molecule has 0 unspecified atom stereocenters. The van der Waals surface area contributed by atoms with Crippen LogP contribution in [0.25, 0.3) is 0 Å².